The maximum Gasteiger partial charge on any atom is 0.113 e. The molecule has 3 heteroatoms. The zero-order chi connectivity index (χ0) is 6.97. The van der Waals surface area contributed by atoms with Crippen molar-refractivity contribution in [2.75, 3.05) is 0 Å². The highest BCUT2D eigenvalue weighted by Crippen LogP contribution is 2.25. The molecule has 0 saturated carbocycles. The number of allylic oxidation sites excluding steroid dienone is 1. The summed E-state index contributed by atoms with van der Waals surface area (Å²) in [6, 6.07) is 0. The number of rotatable bonds is 0. The standard InChI is InChI=1S/C7H7BrN2/c8-6-3-5-1-2-9-7(5)10-4-6/h1-2,4-5H,3H2,(H,9,10). The molecule has 0 spiro atoms. The summed E-state index contributed by atoms with van der Waals surface area (Å²) in [5.74, 6) is 1.56. The number of hydrogen-bond acceptors (Lipinski definition) is 2. The van der Waals surface area contributed by atoms with Crippen LogP contribution in [0.25, 0.3) is 0 Å². The number of hydrogen-bond donors (Lipinski definition) is 1. The fourth-order valence-electron chi connectivity index (χ4n) is 1.15. The van der Waals surface area contributed by atoms with Gasteiger partial charge in [-0.05, 0) is 12.6 Å². The lowest BCUT2D eigenvalue weighted by Crippen LogP contribution is -2.20. The van der Waals surface area contributed by atoms with E-state index in [1.54, 1.807) is 0 Å². The van der Waals surface area contributed by atoms with Crippen LogP contribution in [-0.4, -0.2) is 5.84 Å². The largest absolute Gasteiger partial charge is 0.350 e. The van der Waals surface area contributed by atoms with Gasteiger partial charge < -0.3 is 5.32 Å². The van der Waals surface area contributed by atoms with E-state index in [2.05, 4.69) is 32.3 Å². The van der Waals surface area contributed by atoms with Gasteiger partial charge in [0.2, 0.25) is 0 Å². The van der Waals surface area contributed by atoms with Gasteiger partial charge in [0.15, 0.2) is 0 Å². The van der Waals surface area contributed by atoms with Gasteiger partial charge in [-0.2, -0.15) is 0 Å². The zero-order valence-corrected chi connectivity index (χ0v) is 6.93. The molecule has 0 aromatic carbocycles. The van der Waals surface area contributed by atoms with Crippen molar-refractivity contribution in [2.45, 2.75) is 6.42 Å². The van der Waals surface area contributed by atoms with Gasteiger partial charge in [-0.1, -0.05) is 22.0 Å². The van der Waals surface area contributed by atoms with Crippen molar-refractivity contribution in [3.63, 3.8) is 0 Å². The van der Waals surface area contributed by atoms with Crippen molar-refractivity contribution in [1.29, 1.82) is 0 Å². The molecular weight excluding hydrogens is 192 g/mol. The second-order valence-corrected chi connectivity index (χ2v) is 3.42. The number of fused-ring (bicyclic) bond motifs is 1. The molecule has 2 heterocycles. The van der Waals surface area contributed by atoms with Gasteiger partial charge in [-0.3, -0.25) is 0 Å². The van der Waals surface area contributed by atoms with Gasteiger partial charge in [0.25, 0.3) is 0 Å². The molecule has 2 aliphatic heterocycles. The van der Waals surface area contributed by atoms with Crippen LogP contribution in [0, 0.1) is 5.92 Å². The Morgan fingerprint density at radius 3 is 3.50 bits per heavy atom. The number of nitrogens with one attached hydrogen (secondary N) is 1. The van der Waals surface area contributed by atoms with Gasteiger partial charge >= 0.3 is 0 Å². The highest BCUT2D eigenvalue weighted by atomic mass is 79.9. The first-order chi connectivity index (χ1) is 4.86. The monoisotopic (exact) mass is 198 g/mol. The molecule has 2 nitrogen and oxygen atoms in total. The summed E-state index contributed by atoms with van der Waals surface area (Å²) in [5.41, 5.74) is 0. The van der Waals surface area contributed by atoms with Crippen LogP contribution in [0.3, 0.4) is 0 Å². The van der Waals surface area contributed by atoms with Crippen LogP contribution in [0.2, 0.25) is 0 Å². The van der Waals surface area contributed by atoms with Crippen LogP contribution < -0.4 is 5.32 Å². The van der Waals surface area contributed by atoms with Crippen LogP contribution in [0.5, 0.6) is 0 Å². The second-order valence-electron chi connectivity index (χ2n) is 2.40. The van der Waals surface area contributed by atoms with Gasteiger partial charge in [-0.15, -0.1) is 0 Å². The highest BCUT2D eigenvalue weighted by Gasteiger charge is 2.20. The van der Waals surface area contributed by atoms with E-state index < -0.39 is 0 Å². The van der Waals surface area contributed by atoms with E-state index in [4.69, 9.17) is 0 Å². The van der Waals surface area contributed by atoms with Crippen molar-refractivity contribution in [2.24, 2.45) is 10.9 Å². The van der Waals surface area contributed by atoms with E-state index in [1.165, 1.54) is 4.48 Å². The van der Waals surface area contributed by atoms with E-state index in [0.717, 1.165) is 12.3 Å². The third kappa shape index (κ3) is 0.904. The average molecular weight is 199 g/mol. The quantitative estimate of drug-likeness (QED) is 0.631. The summed E-state index contributed by atoms with van der Waals surface area (Å²) in [5, 5.41) is 3.08. The van der Waals surface area contributed by atoms with Crippen LogP contribution in [0.4, 0.5) is 0 Å². The van der Waals surface area contributed by atoms with Crippen LogP contribution in [-0.2, 0) is 0 Å². The molecule has 0 saturated heterocycles. The Labute approximate surface area is 67.9 Å². The van der Waals surface area contributed by atoms with Crippen molar-refractivity contribution in [3.8, 4) is 0 Å². The topological polar surface area (TPSA) is 24.4 Å². The van der Waals surface area contributed by atoms with E-state index in [9.17, 15) is 0 Å². The number of nitrogens with zero attached hydrogens (tertiary/aromatic N) is 1. The summed E-state index contributed by atoms with van der Waals surface area (Å²) >= 11 is 3.42. The SMILES string of the molecule is BrC1=CN=C2NC=CC2C1. The summed E-state index contributed by atoms with van der Waals surface area (Å²) in [6.45, 7) is 0. The maximum atomic E-state index is 4.21. The van der Waals surface area contributed by atoms with E-state index in [0.29, 0.717) is 5.92 Å². The lowest BCUT2D eigenvalue weighted by Gasteiger charge is -2.12. The summed E-state index contributed by atoms with van der Waals surface area (Å²) in [4.78, 5) is 4.21. The Balaban J connectivity index is 2.28. The van der Waals surface area contributed by atoms with Crippen molar-refractivity contribution in [3.05, 3.63) is 23.0 Å². The first kappa shape index (κ1) is 6.16. The fraction of sp³-hybridized carbons (Fsp3) is 0.286. The van der Waals surface area contributed by atoms with Crippen molar-refractivity contribution in [1.82, 2.24) is 5.32 Å². The molecule has 0 radical (unpaired) electrons. The van der Waals surface area contributed by atoms with Crippen LogP contribution in [0.15, 0.2) is 28.0 Å². The lowest BCUT2D eigenvalue weighted by atomic mass is 10.1. The molecule has 0 bridgehead atoms. The molecular formula is C7H7BrN2. The van der Waals surface area contributed by atoms with E-state index in [-0.39, 0.29) is 0 Å². The first-order valence-corrected chi connectivity index (χ1v) is 4.01. The van der Waals surface area contributed by atoms with E-state index in [1.807, 2.05) is 12.4 Å². The third-order valence-electron chi connectivity index (χ3n) is 1.67. The van der Waals surface area contributed by atoms with Gasteiger partial charge in [0, 0.05) is 16.6 Å². The maximum absolute atomic E-state index is 4.21. The molecule has 1 atom stereocenters. The summed E-state index contributed by atoms with van der Waals surface area (Å²) < 4.78 is 1.18. The summed E-state index contributed by atoms with van der Waals surface area (Å²) in [6.07, 6.45) is 6.98. The molecule has 0 aromatic heterocycles. The Morgan fingerprint density at radius 2 is 2.60 bits per heavy atom. The fourth-order valence-corrected chi connectivity index (χ4v) is 1.60. The molecule has 1 N–H and O–H groups in total. The van der Waals surface area contributed by atoms with Crippen molar-refractivity contribution < 1.29 is 0 Å². The lowest BCUT2D eigenvalue weighted by molar-refractivity contribution is 0.855. The molecule has 2 rings (SSSR count). The molecule has 0 aliphatic carbocycles. The minimum atomic E-state index is 0.486. The Bertz CT molecular complexity index is 240. The number of amidine groups is 1. The number of aliphatic imine (C=N–C) groups is 1. The zero-order valence-electron chi connectivity index (χ0n) is 5.34. The van der Waals surface area contributed by atoms with Crippen molar-refractivity contribution >= 4 is 21.8 Å². The molecule has 52 valence electrons. The summed E-state index contributed by atoms with van der Waals surface area (Å²) in [7, 11) is 0. The number of halogens is 1. The first-order valence-electron chi connectivity index (χ1n) is 3.22. The molecule has 0 aromatic rings. The Hall–Kier alpha value is -0.570. The minimum Gasteiger partial charge on any atom is -0.350 e. The molecule has 0 amide bonds. The van der Waals surface area contributed by atoms with Gasteiger partial charge in [0.05, 0.1) is 0 Å². The third-order valence-corrected chi connectivity index (χ3v) is 2.20. The minimum absolute atomic E-state index is 0.486. The van der Waals surface area contributed by atoms with Crippen LogP contribution >= 0.6 is 15.9 Å². The van der Waals surface area contributed by atoms with Gasteiger partial charge in [-0.25, -0.2) is 4.99 Å². The second kappa shape index (κ2) is 2.23. The molecule has 1 unspecified atom stereocenters. The van der Waals surface area contributed by atoms with Gasteiger partial charge in [0.1, 0.15) is 5.84 Å². The molecule has 0 fully saturated rings. The van der Waals surface area contributed by atoms with Crippen LogP contribution in [0.1, 0.15) is 6.42 Å². The van der Waals surface area contributed by atoms with E-state index >= 15 is 0 Å². The molecule has 10 heavy (non-hydrogen) atoms. The highest BCUT2D eigenvalue weighted by molar-refractivity contribution is 9.11. The predicted molar refractivity (Wildman–Crippen MR) is 44.8 cm³/mol. The Kier molecular flexibility index (Phi) is 1.38. The smallest absolute Gasteiger partial charge is 0.113 e. The molecule has 2 aliphatic rings. The Morgan fingerprint density at radius 1 is 1.70 bits per heavy atom. The predicted octanol–water partition coefficient (Wildman–Crippen LogP) is 1.76. The normalized spacial score (nSPS) is 28.7. The average Bonchev–Trinajstić information content (AvgIpc) is 2.33.